The smallest absolute Gasteiger partial charge is 0.347 e. The number of Topliss-reactive ketones (excluding diaryl/α,β-unsaturated/α-hetero) is 1. The van der Waals surface area contributed by atoms with Gasteiger partial charge in [0.25, 0.3) is 0 Å². The van der Waals surface area contributed by atoms with E-state index in [4.69, 9.17) is 14.2 Å². The highest BCUT2D eigenvalue weighted by Crippen LogP contribution is 2.59. The maximum atomic E-state index is 13.2. The van der Waals surface area contributed by atoms with E-state index < -0.39 is 35.5 Å². The van der Waals surface area contributed by atoms with E-state index in [0.717, 1.165) is 37.5 Å². The molecule has 5 aliphatic rings. The molecular formula is C26H38O7. The van der Waals surface area contributed by atoms with Crippen LogP contribution in [0.25, 0.3) is 0 Å². The zero-order valence-corrected chi connectivity index (χ0v) is 20.3. The molecule has 4 bridgehead atoms. The number of cyclic esters (lactones) is 1. The van der Waals surface area contributed by atoms with Crippen molar-refractivity contribution in [1.29, 1.82) is 0 Å². The van der Waals surface area contributed by atoms with Crippen LogP contribution in [-0.4, -0.2) is 42.0 Å². The number of hydrogen-bond donors (Lipinski definition) is 0. The molecule has 1 saturated heterocycles. The van der Waals surface area contributed by atoms with E-state index in [1.54, 1.807) is 13.8 Å². The van der Waals surface area contributed by atoms with Gasteiger partial charge in [0.15, 0.2) is 0 Å². The molecule has 5 rings (SSSR count). The first-order valence-corrected chi connectivity index (χ1v) is 12.7. The molecule has 0 aromatic rings. The van der Waals surface area contributed by atoms with Crippen molar-refractivity contribution in [3.05, 3.63) is 0 Å². The predicted octanol–water partition coefficient (Wildman–Crippen LogP) is 3.86. The molecule has 1 aliphatic heterocycles. The molecule has 33 heavy (non-hydrogen) atoms. The summed E-state index contributed by atoms with van der Waals surface area (Å²) >= 11 is 0. The van der Waals surface area contributed by atoms with Gasteiger partial charge in [-0.1, -0.05) is 13.8 Å². The minimum absolute atomic E-state index is 0.0237. The molecule has 0 amide bonds. The third-order valence-electron chi connectivity index (χ3n) is 8.93. The second kappa shape index (κ2) is 9.38. The van der Waals surface area contributed by atoms with Crippen LogP contribution in [0.1, 0.15) is 79.1 Å². The summed E-state index contributed by atoms with van der Waals surface area (Å²) in [6.45, 7) is 7.39. The van der Waals surface area contributed by atoms with Crippen LogP contribution in [0, 0.1) is 41.4 Å². The van der Waals surface area contributed by atoms with Crippen molar-refractivity contribution in [2.24, 2.45) is 41.4 Å². The fourth-order valence-corrected chi connectivity index (χ4v) is 6.83. The summed E-state index contributed by atoms with van der Waals surface area (Å²) in [6.07, 6.45) is 5.86. The maximum absolute atomic E-state index is 13.2. The average Bonchev–Trinajstić information content (AvgIpc) is 3.15. The number of hydrogen-bond acceptors (Lipinski definition) is 7. The normalized spacial score (nSPS) is 37.2. The van der Waals surface area contributed by atoms with E-state index in [1.165, 1.54) is 13.3 Å². The van der Waals surface area contributed by atoms with Crippen LogP contribution in [0.3, 0.4) is 0 Å². The van der Waals surface area contributed by atoms with Gasteiger partial charge in [0.05, 0.1) is 18.4 Å². The van der Waals surface area contributed by atoms with Gasteiger partial charge < -0.3 is 14.2 Å². The van der Waals surface area contributed by atoms with Gasteiger partial charge in [0, 0.05) is 12.3 Å². The van der Waals surface area contributed by atoms with Crippen LogP contribution >= 0.6 is 0 Å². The van der Waals surface area contributed by atoms with Crippen molar-refractivity contribution in [3.8, 4) is 0 Å². The summed E-state index contributed by atoms with van der Waals surface area (Å²) in [5.74, 6) is -0.481. The highest BCUT2D eigenvalue weighted by atomic mass is 16.6. The topological polar surface area (TPSA) is 96.0 Å². The van der Waals surface area contributed by atoms with Gasteiger partial charge in [0.1, 0.15) is 11.4 Å². The Morgan fingerprint density at radius 3 is 2.06 bits per heavy atom. The van der Waals surface area contributed by atoms with Gasteiger partial charge in [-0.15, -0.1) is 0 Å². The molecule has 0 N–H and O–H groups in total. The molecule has 7 nitrogen and oxygen atoms in total. The Labute approximate surface area is 196 Å². The second-order valence-electron chi connectivity index (χ2n) is 11.4. The SMILES string of the molecule is CC(=O)C(C)CC(CC(C)C(=O)OC1(C)C2CC3CC(C2)CC1C3)C(=O)OC1CCOC1=O. The lowest BCUT2D eigenvalue weighted by molar-refractivity contribution is -0.207. The first-order chi connectivity index (χ1) is 15.6. The van der Waals surface area contributed by atoms with E-state index in [0.29, 0.717) is 18.3 Å². The number of carbonyl (C=O) groups is 4. The van der Waals surface area contributed by atoms with E-state index >= 15 is 0 Å². The van der Waals surface area contributed by atoms with Crippen molar-refractivity contribution in [2.45, 2.75) is 90.8 Å². The lowest BCUT2D eigenvalue weighted by atomic mass is 9.50. The molecule has 4 aliphatic carbocycles. The molecule has 184 valence electrons. The summed E-state index contributed by atoms with van der Waals surface area (Å²) in [6, 6.07) is 0. The van der Waals surface area contributed by atoms with Crippen molar-refractivity contribution in [3.63, 3.8) is 0 Å². The summed E-state index contributed by atoms with van der Waals surface area (Å²) in [7, 11) is 0. The van der Waals surface area contributed by atoms with Crippen LogP contribution in [0.15, 0.2) is 0 Å². The molecule has 0 radical (unpaired) electrons. The Morgan fingerprint density at radius 2 is 1.55 bits per heavy atom. The molecule has 4 atom stereocenters. The Hall–Kier alpha value is -1.92. The zero-order valence-electron chi connectivity index (χ0n) is 20.3. The molecule has 0 aromatic heterocycles. The van der Waals surface area contributed by atoms with Crippen molar-refractivity contribution >= 4 is 23.7 Å². The first-order valence-electron chi connectivity index (χ1n) is 12.7. The number of carbonyl (C=O) groups excluding carboxylic acids is 4. The summed E-state index contributed by atoms with van der Waals surface area (Å²) in [5.41, 5.74) is -0.422. The number of rotatable bonds is 9. The molecule has 0 spiro atoms. The Morgan fingerprint density at radius 1 is 0.970 bits per heavy atom. The largest absolute Gasteiger partial charge is 0.463 e. The lowest BCUT2D eigenvalue weighted by Gasteiger charge is -2.59. The van der Waals surface area contributed by atoms with Gasteiger partial charge in [-0.05, 0) is 82.5 Å². The quantitative estimate of drug-likeness (QED) is 0.379. The minimum atomic E-state index is -0.901. The fraction of sp³-hybridized carbons (Fsp3) is 0.846. The van der Waals surface area contributed by atoms with Crippen molar-refractivity contribution in [2.75, 3.05) is 6.61 Å². The molecule has 7 heteroatoms. The molecule has 5 fully saturated rings. The summed E-state index contributed by atoms with van der Waals surface area (Å²) in [4.78, 5) is 49.7. The molecule has 1 heterocycles. The van der Waals surface area contributed by atoms with Gasteiger partial charge in [-0.3, -0.25) is 14.4 Å². The van der Waals surface area contributed by atoms with Crippen LogP contribution < -0.4 is 0 Å². The standard InChI is InChI=1S/C26H38O7/c1-14(16(3)27)7-19(24(29)32-22-5-6-31-25(22)30)8-15(2)23(28)33-26(4)20-10-17-9-18(12-20)13-21(26)11-17/h14-15,17-22H,5-13H2,1-4H3. The summed E-state index contributed by atoms with van der Waals surface area (Å²) in [5, 5.41) is 0. The van der Waals surface area contributed by atoms with Gasteiger partial charge in [-0.25, -0.2) is 4.79 Å². The van der Waals surface area contributed by atoms with Crippen molar-refractivity contribution in [1.82, 2.24) is 0 Å². The van der Waals surface area contributed by atoms with Crippen LogP contribution in [0.5, 0.6) is 0 Å². The predicted molar refractivity (Wildman–Crippen MR) is 119 cm³/mol. The Balaban J connectivity index is 1.40. The molecule has 4 saturated carbocycles. The highest BCUT2D eigenvalue weighted by Gasteiger charge is 2.57. The molecular weight excluding hydrogens is 424 g/mol. The van der Waals surface area contributed by atoms with Gasteiger partial charge >= 0.3 is 17.9 Å². The molecule has 4 unspecified atom stereocenters. The Kier molecular flexibility index (Phi) is 6.88. The Bertz CT molecular complexity index is 774. The number of ketones is 1. The maximum Gasteiger partial charge on any atom is 0.347 e. The second-order valence-corrected chi connectivity index (χ2v) is 11.4. The van der Waals surface area contributed by atoms with Crippen molar-refractivity contribution < 1.29 is 33.4 Å². The fourth-order valence-electron chi connectivity index (χ4n) is 6.83. The average molecular weight is 463 g/mol. The third-order valence-corrected chi connectivity index (χ3v) is 8.93. The molecule has 0 aromatic carbocycles. The van der Waals surface area contributed by atoms with Crippen LogP contribution in [0.4, 0.5) is 0 Å². The first kappa shape index (κ1) is 24.2. The lowest BCUT2D eigenvalue weighted by Crippen LogP contribution is -2.58. The van der Waals surface area contributed by atoms with E-state index in [1.807, 2.05) is 0 Å². The highest BCUT2D eigenvalue weighted by molar-refractivity contribution is 5.83. The van der Waals surface area contributed by atoms with E-state index in [9.17, 15) is 19.2 Å². The van der Waals surface area contributed by atoms with E-state index in [2.05, 4.69) is 6.92 Å². The van der Waals surface area contributed by atoms with E-state index in [-0.39, 0.29) is 37.1 Å². The van der Waals surface area contributed by atoms with Gasteiger partial charge in [-0.2, -0.15) is 0 Å². The van der Waals surface area contributed by atoms with Gasteiger partial charge in [0.2, 0.25) is 6.10 Å². The third kappa shape index (κ3) is 4.97. The summed E-state index contributed by atoms with van der Waals surface area (Å²) < 4.78 is 16.5. The van der Waals surface area contributed by atoms with Crippen LogP contribution in [-0.2, 0) is 33.4 Å². The monoisotopic (exact) mass is 462 g/mol. The zero-order chi connectivity index (χ0) is 23.9. The number of esters is 3. The minimum Gasteiger partial charge on any atom is -0.463 e. The number of ether oxygens (including phenoxy) is 3. The van der Waals surface area contributed by atoms with Crippen LogP contribution in [0.2, 0.25) is 0 Å².